The summed E-state index contributed by atoms with van der Waals surface area (Å²) in [6.07, 6.45) is 2.79. The van der Waals surface area contributed by atoms with Crippen molar-refractivity contribution >= 4 is 61.5 Å². The van der Waals surface area contributed by atoms with E-state index >= 15 is 0 Å². The number of rotatable bonds is 7. The van der Waals surface area contributed by atoms with Gasteiger partial charge in [-0.15, -0.1) is 22.7 Å². The Morgan fingerprint density at radius 3 is 2.76 bits per heavy atom. The van der Waals surface area contributed by atoms with E-state index in [1.54, 1.807) is 11.3 Å². The van der Waals surface area contributed by atoms with Crippen molar-refractivity contribution in [2.75, 3.05) is 24.8 Å². The number of nitrogens with one attached hydrogen (secondary N) is 1. The molecule has 0 saturated carbocycles. The average molecular weight is 519 g/mol. The lowest BCUT2D eigenvalue weighted by molar-refractivity contribution is -0.113. The van der Waals surface area contributed by atoms with Gasteiger partial charge in [0.2, 0.25) is 5.91 Å². The number of fused-ring (bicyclic) bond motifs is 2. The molecule has 9 heteroatoms. The van der Waals surface area contributed by atoms with Crippen LogP contribution >= 0.6 is 34.4 Å². The van der Waals surface area contributed by atoms with Gasteiger partial charge in [-0.05, 0) is 61.3 Å². The summed E-state index contributed by atoms with van der Waals surface area (Å²) in [5.41, 5.74) is 2.66. The molecule has 1 aliphatic carbocycles. The van der Waals surface area contributed by atoms with Crippen LogP contribution in [0.4, 0.5) is 5.00 Å². The lowest BCUT2D eigenvalue weighted by Gasteiger charge is -2.33. The highest BCUT2D eigenvalue weighted by atomic mass is 32.2. The number of carbonyl (C=O) groups is 2. The van der Waals surface area contributed by atoms with Crippen molar-refractivity contribution in [2.24, 2.45) is 11.3 Å². The van der Waals surface area contributed by atoms with Crippen LogP contribution in [0, 0.1) is 11.3 Å². The molecule has 1 aromatic carbocycles. The summed E-state index contributed by atoms with van der Waals surface area (Å²) in [4.78, 5) is 31.2. The number of benzene rings is 1. The summed E-state index contributed by atoms with van der Waals surface area (Å²) in [7, 11) is 1.39. The van der Waals surface area contributed by atoms with Crippen LogP contribution in [0.1, 0.15) is 54.9 Å². The van der Waals surface area contributed by atoms with Gasteiger partial charge in [-0.2, -0.15) is 0 Å². The number of anilines is 1. The van der Waals surface area contributed by atoms with Crippen molar-refractivity contribution in [3.8, 4) is 5.75 Å². The molecule has 0 aliphatic heterocycles. The molecule has 4 rings (SSSR count). The van der Waals surface area contributed by atoms with Gasteiger partial charge < -0.3 is 14.8 Å². The first-order chi connectivity index (χ1) is 16.2. The molecule has 0 fully saturated rings. The van der Waals surface area contributed by atoms with Gasteiger partial charge in [-0.25, -0.2) is 9.78 Å². The standard InChI is InChI=1S/C25H30N2O4S3/c1-6-31-15-8-10-17-19(12-15)34-24(26-17)32-13-20(28)27-22-21(23(29)30-5)16-9-7-14(25(2,3)4)11-18(16)33-22/h8,10,12,14H,6-7,9,11,13H2,1-5H3,(H,27,28). The van der Waals surface area contributed by atoms with Crippen LogP contribution in [0.15, 0.2) is 22.5 Å². The summed E-state index contributed by atoms with van der Waals surface area (Å²) in [5, 5.41) is 3.58. The number of carbonyl (C=O) groups excluding carboxylic acids is 2. The van der Waals surface area contributed by atoms with E-state index in [4.69, 9.17) is 9.47 Å². The van der Waals surface area contributed by atoms with E-state index in [9.17, 15) is 9.59 Å². The second-order valence-corrected chi connectivity index (χ2v) is 12.7. The summed E-state index contributed by atoms with van der Waals surface area (Å²) in [6, 6.07) is 5.82. The normalized spacial score (nSPS) is 15.7. The quantitative estimate of drug-likeness (QED) is 0.287. The highest BCUT2D eigenvalue weighted by Crippen LogP contribution is 2.44. The zero-order valence-corrected chi connectivity index (χ0v) is 22.6. The predicted molar refractivity (Wildman–Crippen MR) is 141 cm³/mol. The van der Waals surface area contributed by atoms with Crippen molar-refractivity contribution in [3.05, 3.63) is 34.2 Å². The van der Waals surface area contributed by atoms with Gasteiger partial charge in [-0.3, -0.25) is 4.79 Å². The van der Waals surface area contributed by atoms with Gasteiger partial charge >= 0.3 is 5.97 Å². The number of methoxy groups -OCH3 is 1. The molecule has 2 heterocycles. The Morgan fingerprint density at radius 1 is 1.26 bits per heavy atom. The van der Waals surface area contributed by atoms with Gasteiger partial charge in [0.1, 0.15) is 10.8 Å². The summed E-state index contributed by atoms with van der Waals surface area (Å²) in [6.45, 7) is 9.35. The molecule has 2 aromatic heterocycles. The molecule has 0 saturated heterocycles. The fraction of sp³-hybridized carbons (Fsp3) is 0.480. The van der Waals surface area contributed by atoms with Crippen molar-refractivity contribution in [1.29, 1.82) is 0 Å². The Balaban J connectivity index is 1.47. The third kappa shape index (κ3) is 5.42. The molecule has 3 aromatic rings. The lowest BCUT2D eigenvalue weighted by atomic mass is 9.72. The van der Waals surface area contributed by atoms with Gasteiger partial charge in [0.15, 0.2) is 4.34 Å². The maximum absolute atomic E-state index is 12.8. The molecule has 6 nitrogen and oxygen atoms in total. The number of thiazole rings is 1. The van der Waals surface area contributed by atoms with Crippen LogP contribution in [0.25, 0.3) is 10.2 Å². The van der Waals surface area contributed by atoms with E-state index < -0.39 is 0 Å². The molecule has 0 bridgehead atoms. The molecular formula is C25H30N2O4S3. The van der Waals surface area contributed by atoms with Crippen LogP contribution in [0.5, 0.6) is 5.75 Å². The number of amides is 1. The van der Waals surface area contributed by atoms with Crippen LogP contribution in [-0.2, 0) is 22.4 Å². The van der Waals surface area contributed by atoms with Crippen LogP contribution in [0.3, 0.4) is 0 Å². The first-order valence-electron chi connectivity index (χ1n) is 11.4. The zero-order valence-electron chi connectivity index (χ0n) is 20.1. The van der Waals surface area contributed by atoms with E-state index in [2.05, 4.69) is 31.1 Å². The minimum atomic E-state index is -0.383. The van der Waals surface area contributed by atoms with Gasteiger partial charge in [0, 0.05) is 4.88 Å². The largest absolute Gasteiger partial charge is 0.494 e. The van der Waals surface area contributed by atoms with E-state index in [1.165, 1.54) is 35.1 Å². The summed E-state index contributed by atoms with van der Waals surface area (Å²) >= 11 is 4.45. The Hall–Kier alpha value is -2.10. The highest BCUT2D eigenvalue weighted by molar-refractivity contribution is 8.01. The fourth-order valence-corrected chi connectivity index (χ4v) is 7.45. The summed E-state index contributed by atoms with van der Waals surface area (Å²) in [5.74, 6) is 1.04. The third-order valence-electron chi connectivity index (χ3n) is 6.11. The Morgan fingerprint density at radius 2 is 2.06 bits per heavy atom. The first kappa shape index (κ1) is 25.0. The second-order valence-electron chi connectivity index (χ2n) is 9.38. The van der Waals surface area contributed by atoms with Gasteiger partial charge in [-0.1, -0.05) is 32.5 Å². The lowest BCUT2D eigenvalue weighted by Crippen LogP contribution is -2.26. The molecular weight excluding hydrogens is 488 g/mol. The third-order valence-corrected chi connectivity index (χ3v) is 9.44. The number of ether oxygens (including phenoxy) is 2. The number of hydrogen-bond acceptors (Lipinski definition) is 8. The minimum absolute atomic E-state index is 0.157. The monoisotopic (exact) mass is 518 g/mol. The molecule has 34 heavy (non-hydrogen) atoms. The van der Waals surface area contributed by atoms with E-state index in [1.807, 2.05) is 25.1 Å². The number of esters is 1. The van der Waals surface area contributed by atoms with Crippen LogP contribution < -0.4 is 10.1 Å². The molecule has 1 N–H and O–H groups in total. The Bertz CT molecular complexity index is 1210. The predicted octanol–water partition coefficient (Wildman–Crippen LogP) is 6.42. The number of thioether (sulfide) groups is 1. The Labute approximate surface area is 212 Å². The number of nitrogens with zero attached hydrogens (tertiary/aromatic N) is 1. The molecule has 1 aliphatic rings. The maximum atomic E-state index is 12.8. The smallest absolute Gasteiger partial charge is 0.341 e. The van der Waals surface area contributed by atoms with E-state index in [0.29, 0.717) is 23.1 Å². The number of hydrogen-bond donors (Lipinski definition) is 1. The van der Waals surface area contributed by atoms with Crippen molar-refractivity contribution in [3.63, 3.8) is 0 Å². The fourth-order valence-electron chi connectivity index (χ4n) is 4.22. The average Bonchev–Trinajstić information content (AvgIpc) is 3.36. The molecule has 1 atom stereocenters. The van der Waals surface area contributed by atoms with Gasteiger partial charge in [0.25, 0.3) is 0 Å². The van der Waals surface area contributed by atoms with Crippen LogP contribution in [0.2, 0.25) is 0 Å². The number of thiophene rings is 1. The maximum Gasteiger partial charge on any atom is 0.341 e. The Kier molecular flexibility index (Phi) is 7.54. The van der Waals surface area contributed by atoms with Gasteiger partial charge in [0.05, 0.1) is 35.2 Å². The zero-order chi connectivity index (χ0) is 24.5. The van der Waals surface area contributed by atoms with E-state index in [-0.39, 0.29) is 23.0 Å². The second kappa shape index (κ2) is 10.3. The topological polar surface area (TPSA) is 77.5 Å². The molecule has 1 unspecified atom stereocenters. The molecule has 0 spiro atoms. The van der Waals surface area contributed by atoms with E-state index in [0.717, 1.165) is 45.1 Å². The van der Waals surface area contributed by atoms with Crippen molar-refractivity contribution in [1.82, 2.24) is 4.98 Å². The SMILES string of the molecule is CCOc1ccc2nc(SCC(=O)Nc3sc4c(c3C(=O)OC)CCC(C(C)(C)C)C4)sc2c1. The molecule has 1 amide bonds. The minimum Gasteiger partial charge on any atom is -0.494 e. The van der Waals surface area contributed by atoms with Crippen molar-refractivity contribution in [2.45, 2.75) is 51.3 Å². The van der Waals surface area contributed by atoms with Crippen molar-refractivity contribution < 1.29 is 19.1 Å². The number of aromatic nitrogens is 1. The molecule has 182 valence electrons. The first-order valence-corrected chi connectivity index (χ1v) is 14.0. The summed E-state index contributed by atoms with van der Waals surface area (Å²) < 4.78 is 12.5. The highest BCUT2D eigenvalue weighted by Gasteiger charge is 2.34. The van der Waals surface area contributed by atoms with Crippen LogP contribution in [-0.4, -0.2) is 36.3 Å². The molecule has 0 radical (unpaired) electrons.